The van der Waals surface area contributed by atoms with Gasteiger partial charge in [-0.1, -0.05) is 19.3 Å². The summed E-state index contributed by atoms with van der Waals surface area (Å²) in [7, 11) is 0. The van der Waals surface area contributed by atoms with Gasteiger partial charge in [0.1, 0.15) is 0 Å². The molecule has 1 atom stereocenters. The van der Waals surface area contributed by atoms with Gasteiger partial charge in [0.2, 0.25) is 0 Å². The smallest absolute Gasteiger partial charge is 0.0558 e. The molecule has 3 N–H and O–H groups in total. The van der Waals surface area contributed by atoms with E-state index < -0.39 is 0 Å². The summed E-state index contributed by atoms with van der Waals surface area (Å²) in [5, 5.41) is 26.7. The molecule has 0 radical (unpaired) electrons. The van der Waals surface area contributed by atoms with E-state index in [1.165, 1.54) is 0 Å². The highest BCUT2D eigenvalue weighted by Gasteiger charge is 2.02. The first-order valence-electron chi connectivity index (χ1n) is 6.32. The molecule has 1 unspecified atom stereocenters. The van der Waals surface area contributed by atoms with E-state index in [9.17, 15) is 0 Å². The minimum absolute atomic E-state index is 0.155. The average molecular weight is 233 g/mol. The molecule has 0 fully saturated rings. The Morgan fingerprint density at radius 1 is 0.875 bits per heavy atom. The summed E-state index contributed by atoms with van der Waals surface area (Å²) < 4.78 is 0. The van der Waals surface area contributed by atoms with Crippen LogP contribution in [0.1, 0.15) is 39.0 Å². The summed E-state index contributed by atoms with van der Waals surface area (Å²) in [4.78, 5) is 2.08. The van der Waals surface area contributed by atoms with Crippen molar-refractivity contribution in [1.29, 1.82) is 0 Å². The Kier molecular flexibility index (Phi) is 11.2. The van der Waals surface area contributed by atoms with Crippen molar-refractivity contribution in [2.75, 3.05) is 32.8 Å². The molecule has 98 valence electrons. The van der Waals surface area contributed by atoms with Gasteiger partial charge in [0.15, 0.2) is 0 Å². The van der Waals surface area contributed by atoms with Gasteiger partial charge in [0.25, 0.3) is 0 Å². The van der Waals surface area contributed by atoms with Crippen LogP contribution in [0, 0.1) is 0 Å². The quantitative estimate of drug-likeness (QED) is 0.457. The van der Waals surface area contributed by atoms with Gasteiger partial charge in [0.05, 0.1) is 19.3 Å². The predicted molar refractivity (Wildman–Crippen MR) is 65.4 cm³/mol. The van der Waals surface area contributed by atoms with Crippen molar-refractivity contribution in [2.24, 2.45) is 0 Å². The first-order valence-corrected chi connectivity index (χ1v) is 6.32. The van der Waals surface area contributed by atoms with Crippen LogP contribution in [0.15, 0.2) is 0 Å². The van der Waals surface area contributed by atoms with Crippen LogP contribution in [0.2, 0.25) is 0 Å². The minimum Gasteiger partial charge on any atom is -0.395 e. The Morgan fingerprint density at radius 2 is 1.44 bits per heavy atom. The maximum absolute atomic E-state index is 9.07. The number of rotatable bonds is 11. The third-order valence-corrected chi connectivity index (χ3v) is 2.68. The Bertz CT molecular complexity index is 136. The molecule has 0 aliphatic carbocycles. The molecule has 0 aliphatic heterocycles. The van der Waals surface area contributed by atoms with Gasteiger partial charge in [-0.05, 0) is 26.3 Å². The van der Waals surface area contributed by atoms with Crippen LogP contribution >= 0.6 is 0 Å². The first-order chi connectivity index (χ1) is 7.70. The highest BCUT2D eigenvalue weighted by atomic mass is 16.3. The van der Waals surface area contributed by atoms with E-state index in [2.05, 4.69) is 4.90 Å². The van der Waals surface area contributed by atoms with Crippen molar-refractivity contribution in [3.8, 4) is 0 Å². The molecule has 0 aromatic carbocycles. The molecule has 0 spiro atoms. The third-order valence-electron chi connectivity index (χ3n) is 2.68. The zero-order chi connectivity index (χ0) is 12.2. The molecule has 0 aromatic rings. The molecule has 4 nitrogen and oxygen atoms in total. The van der Waals surface area contributed by atoms with Crippen molar-refractivity contribution < 1.29 is 15.3 Å². The number of hydrogen-bond donors (Lipinski definition) is 3. The van der Waals surface area contributed by atoms with E-state index in [-0.39, 0.29) is 19.3 Å². The lowest BCUT2D eigenvalue weighted by atomic mass is 10.1. The molecule has 0 aromatic heterocycles. The molecule has 0 heterocycles. The summed E-state index contributed by atoms with van der Waals surface area (Å²) in [5.74, 6) is 0. The molecule has 0 rings (SSSR count). The maximum Gasteiger partial charge on any atom is 0.0558 e. The summed E-state index contributed by atoms with van der Waals surface area (Å²) in [5.41, 5.74) is 0. The van der Waals surface area contributed by atoms with Gasteiger partial charge in [-0.15, -0.1) is 0 Å². The fourth-order valence-corrected chi connectivity index (χ4v) is 1.75. The van der Waals surface area contributed by atoms with E-state index in [4.69, 9.17) is 15.3 Å². The molecular formula is C12H27NO3. The standard InChI is InChI=1S/C12H27NO3/c1-12(16)6-4-2-3-5-7-13(8-10-14)9-11-15/h12,14-16H,2-11H2,1H3. The largest absolute Gasteiger partial charge is 0.395 e. The monoisotopic (exact) mass is 233 g/mol. The van der Waals surface area contributed by atoms with Crippen molar-refractivity contribution in [3.63, 3.8) is 0 Å². The predicted octanol–water partition coefficient (Wildman–Crippen LogP) is 0.604. The second-order valence-electron chi connectivity index (χ2n) is 4.34. The fourth-order valence-electron chi connectivity index (χ4n) is 1.75. The SMILES string of the molecule is CC(O)CCCCCCN(CCO)CCO. The number of hydrogen-bond acceptors (Lipinski definition) is 4. The zero-order valence-electron chi connectivity index (χ0n) is 10.4. The molecule has 0 bridgehead atoms. The highest BCUT2D eigenvalue weighted by molar-refractivity contribution is 4.57. The summed E-state index contributed by atoms with van der Waals surface area (Å²) in [6, 6.07) is 0. The van der Waals surface area contributed by atoms with Crippen molar-refractivity contribution in [3.05, 3.63) is 0 Å². The van der Waals surface area contributed by atoms with Gasteiger partial charge in [-0.25, -0.2) is 0 Å². The Hall–Kier alpha value is -0.160. The van der Waals surface area contributed by atoms with Crippen molar-refractivity contribution >= 4 is 0 Å². The molecule has 0 aliphatic rings. The van der Waals surface area contributed by atoms with Gasteiger partial charge >= 0.3 is 0 Å². The Labute approximate surface area is 98.9 Å². The fraction of sp³-hybridized carbons (Fsp3) is 1.00. The minimum atomic E-state index is -0.180. The van der Waals surface area contributed by atoms with E-state index in [1.807, 2.05) is 6.92 Å². The number of aliphatic hydroxyl groups excluding tert-OH is 3. The lowest BCUT2D eigenvalue weighted by Gasteiger charge is -2.19. The van der Waals surface area contributed by atoms with Crippen LogP contribution in [0.3, 0.4) is 0 Å². The van der Waals surface area contributed by atoms with Crippen LogP contribution in [0.5, 0.6) is 0 Å². The van der Waals surface area contributed by atoms with Crippen LogP contribution in [-0.2, 0) is 0 Å². The molecule has 0 saturated carbocycles. The lowest BCUT2D eigenvalue weighted by Crippen LogP contribution is -2.30. The maximum atomic E-state index is 9.07. The summed E-state index contributed by atoms with van der Waals surface area (Å²) in [6.07, 6.45) is 5.19. The normalized spacial score (nSPS) is 13.3. The van der Waals surface area contributed by atoms with Crippen LogP contribution < -0.4 is 0 Å². The number of aliphatic hydroxyl groups is 3. The summed E-state index contributed by atoms with van der Waals surface area (Å²) in [6.45, 7) is 4.37. The van der Waals surface area contributed by atoms with E-state index in [1.54, 1.807) is 0 Å². The molecule has 16 heavy (non-hydrogen) atoms. The van der Waals surface area contributed by atoms with Crippen molar-refractivity contribution in [1.82, 2.24) is 4.90 Å². The van der Waals surface area contributed by atoms with Gasteiger partial charge in [-0.2, -0.15) is 0 Å². The topological polar surface area (TPSA) is 63.9 Å². The van der Waals surface area contributed by atoms with Crippen LogP contribution in [-0.4, -0.2) is 59.2 Å². The van der Waals surface area contributed by atoms with E-state index >= 15 is 0 Å². The van der Waals surface area contributed by atoms with Crippen LogP contribution in [0.4, 0.5) is 0 Å². The van der Waals surface area contributed by atoms with Gasteiger partial charge in [0, 0.05) is 13.1 Å². The molecular weight excluding hydrogens is 206 g/mol. The molecule has 0 saturated heterocycles. The number of nitrogens with zero attached hydrogens (tertiary/aromatic N) is 1. The average Bonchev–Trinajstić information content (AvgIpc) is 2.23. The third kappa shape index (κ3) is 10.4. The lowest BCUT2D eigenvalue weighted by molar-refractivity contribution is 0.158. The highest BCUT2D eigenvalue weighted by Crippen LogP contribution is 2.06. The number of unbranched alkanes of at least 4 members (excludes halogenated alkanes) is 3. The van der Waals surface area contributed by atoms with Crippen LogP contribution in [0.25, 0.3) is 0 Å². The van der Waals surface area contributed by atoms with E-state index in [0.717, 1.165) is 38.6 Å². The van der Waals surface area contributed by atoms with Gasteiger partial charge in [-0.3, -0.25) is 4.90 Å². The second-order valence-corrected chi connectivity index (χ2v) is 4.34. The second kappa shape index (κ2) is 11.3. The molecule has 0 amide bonds. The summed E-state index contributed by atoms with van der Waals surface area (Å²) >= 11 is 0. The Morgan fingerprint density at radius 3 is 1.94 bits per heavy atom. The van der Waals surface area contributed by atoms with Gasteiger partial charge < -0.3 is 15.3 Å². The Balaban J connectivity index is 3.32. The first kappa shape index (κ1) is 15.8. The van der Waals surface area contributed by atoms with E-state index in [0.29, 0.717) is 13.1 Å². The molecule has 4 heteroatoms. The zero-order valence-corrected chi connectivity index (χ0v) is 10.4. The van der Waals surface area contributed by atoms with Crippen molar-refractivity contribution in [2.45, 2.75) is 45.1 Å².